The quantitative estimate of drug-likeness (QED) is 0.0175. The van der Waals surface area contributed by atoms with Crippen LogP contribution in [0.5, 0.6) is 0 Å². The topological polar surface area (TPSA) is 195 Å². The molecule has 1 atom stereocenters. The highest BCUT2D eigenvalue weighted by Crippen LogP contribution is 2.51. The molecule has 2 aromatic carbocycles. The largest absolute Gasteiger partial charge is 0.744 e. The van der Waals surface area contributed by atoms with Gasteiger partial charge in [-0.15, -0.1) is 0 Å². The van der Waals surface area contributed by atoms with Gasteiger partial charge in [-0.25, -0.2) is 8.42 Å². The van der Waals surface area contributed by atoms with Gasteiger partial charge in [0.1, 0.15) is 22.5 Å². The lowest BCUT2D eigenvalue weighted by molar-refractivity contribution is -0.442. The van der Waals surface area contributed by atoms with Crippen molar-refractivity contribution >= 4 is 38.9 Å². The molecule has 4 rings (SSSR count). The van der Waals surface area contributed by atoms with Crippen molar-refractivity contribution in [2.75, 3.05) is 84.9 Å². The van der Waals surface area contributed by atoms with E-state index in [1.54, 1.807) is 20.3 Å². The highest BCUT2D eigenvalue weighted by atomic mass is 32.2. The maximum Gasteiger partial charge on any atom is 0.219 e. The van der Waals surface area contributed by atoms with Crippen LogP contribution in [0.2, 0.25) is 0 Å². The molecule has 1 N–H and O–H groups in total. The number of carbonyl (C=O) groups excluding carboxylic acids is 2. The molecule has 2 aromatic rings. The number of benzene rings is 2. The maximum atomic E-state index is 12.5. The van der Waals surface area contributed by atoms with E-state index in [9.17, 15) is 22.6 Å². The first-order valence-electron chi connectivity index (χ1n) is 21.3. The molecular weight excluding hydrogens is 813 g/mol. The first-order chi connectivity index (χ1) is 29.7. The number of allylic oxidation sites excluding steroid dienone is 6. The SMILES string of the molecule is COCCOCC[N+]1=C(/C=C/C=C/C=C2/N(CCCCCC(=O)NCCCC(=O)CN=[N+]=[N-])c3ccc(S(=O)(=O)[O-])cc3C2(C)CCOCCOC)C(C)(C)c2cc(C)ccc21. The zero-order chi connectivity index (χ0) is 45.2. The van der Waals surface area contributed by atoms with Crippen LogP contribution >= 0.6 is 0 Å². The van der Waals surface area contributed by atoms with E-state index >= 15 is 0 Å². The molecule has 15 nitrogen and oxygen atoms in total. The molecule has 2 aliphatic rings. The van der Waals surface area contributed by atoms with Gasteiger partial charge >= 0.3 is 0 Å². The van der Waals surface area contributed by atoms with Crippen LogP contribution in [0.15, 0.2) is 82.5 Å². The maximum absolute atomic E-state index is 12.5. The lowest BCUT2D eigenvalue weighted by Gasteiger charge is -2.30. The highest BCUT2D eigenvalue weighted by Gasteiger charge is 2.45. The van der Waals surface area contributed by atoms with E-state index in [1.165, 1.54) is 23.3 Å². The number of methoxy groups -OCH3 is 2. The summed E-state index contributed by atoms with van der Waals surface area (Å²) in [6.07, 6.45) is 13.9. The van der Waals surface area contributed by atoms with Crippen LogP contribution in [-0.2, 0) is 49.5 Å². The summed E-state index contributed by atoms with van der Waals surface area (Å²) in [7, 11) is -1.45. The summed E-state index contributed by atoms with van der Waals surface area (Å²) in [6.45, 7) is 12.9. The molecule has 2 aliphatic heterocycles. The van der Waals surface area contributed by atoms with Gasteiger partial charge in [0.05, 0.1) is 43.3 Å². The Kier molecular flexibility index (Phi) is 19.5. The number of ether oxygens (including phenoxy) is 4. The molecule has 0 bridgehead atoms. The number of ketones is 1. The average molecular weight is 877 g/mol. The van der Waals surface area contributed by atoms with Gasteiger partial charge in [0, 0.05) is 86.2 Å². The van der Waals surface area contributed by atoms with Crippen molar-refractivity contribution in [3.05, 3.63) is 99.6 Å². The number of hydrogen-bond acceptors (Lipinski definition) is 11. The lowest BCUT2D eigenvalue weighted by Crippen LogP contribution is -2.30. The Labute approximate surface area is 367 Å². The van der Waals surface area contributed by atoms with Crippen molar-refractivity contribution in [1.29, 1.82) is 0 Å². The summed E-state index contributed by atoms with van der Waals surface area (Å²) >= 11 is 0. The first kappa shape index (κ1) is 50.0. The monoisotopic (exact) mass is 876 g/mol. The van der Waals surface area contributed by atoms with Crippen LogP contribution < -0.4 is 10.2 Å². The number of amides is 1. The predicted molar refractivity (Wildman–Crippen MR) is 239 cm³/mol. The summed E-state index contributed by atoms with van der Waals surface area (Å²) in [5.74, 6) is -0.264. The standard InChI is InChI=1S/C46H64N6O9S/c1-35-18-20-40-38(32-35)45(2,3)42(52(40)25-27-61-31-29-59-6)15-9-7-10-16-43-46(4,22-26-60-30-28-58-5)39-33-37(62(55,56)57)19-21-41(39)51(43)24-12-8-11-17-44(54)48-23-13-14-36(53)34-49-50-47/h7,9-10,15-16,18-21,32-33H,8,11-14,17,22-31,34H2,1-6H3,(H-,48,54,55,56,57). The van der Waals surface area contributed by atoms with Crippen molar-refractivity contribution < 1.29 is 46.1 Å². The molecule has 338 valence electrons. The summed E-state index contributed by atoms with van der Waals surface area (Å²) < 4.78 is 61.3. The fraction of sp³-hybridized carbons (Fsp3) is 0.543. The van der Waals surface area contributed by atoms with Gasteiger partial charge < -0.3 is 33.7 Å². The van der Waals surface area contributed by atoms with E-state index in [-0.39, 0.29) is 35.0 Å². The molecular formula is C46H64N6O9S. The van der Waals surface area contributed by atoms with Crippen molar-refractivity contribution in [3.63, 3.8) is 0 Å². The number of aryl methyl sites for hydroxylation is 1. The number of Topliss-reactive ketones (excluding diaryl/α,β-unsaturated/α-hetero) is 1. The molecule has 16 heteroatoms. The zero-order valence-electron chi connectivity index (χ0n) is 37.2. The second kappa shape index (κ2) is 24.2. The fourth-order valence-electron chi connectivity index (χ4n) is 8.02. The van der Waals surface area contributed by atoms with E-state index in [4.69, 9.17) is 24.5 Å². The molecule has 0 saturated heterocycles. The molecule has 0 saturated carbocycles. The Hall–Kier alpha value is -4.67. The molecule has 0 spiro atoms. The van der Waals surface area contributed by atoms with Crippen LogP contribution in [0, 0.1) is 6.92 Å². The second-order valence-electron chi connectivity index (χ2n) is 16.2. The van der Waals surface area contributed by atoms with Crippen LogP contribution in [0.1, 0.15) is 82.4 Å². The molecule has 0 aromatic heterocycles. The Balaban J connectivity index is 1.58. The number of fused-ring (bicyclic) bond motifs is 2. The number of nitrogens with zero attached hydrogens (tertiary/aromatic N) is 5. The number of unbranched alkanes of at least 4 members (excludes halogenated alkanes) is 2. The number of azide groups is 1. The summed E-state index contributed by atoms with van der Waals surface area (Å²) in [5, 5.41) is 6.12. The van der Waals surface area contributed by atoms with E-state index in [1.807, 2.05) is 18.2 Å². The van der Waals surface area contributed by atoms with Gasteiger partial charge in [-0.1, -0.05) is 41.4 Å². The predicted octanol–water partition coefficient (Wildman–Crippen LogP) is 7.10. The summed E-state index contributed by atoms with van der Waals surface area (Å²) in [5.41, 5.74) is 14.7. The molecule has 62 heavy (non-hydrogen) atoms. The van der Waals surface area contributed by atoms with Crippen LogP contribution in [0.3, 0.4) is 0 Å². The first-order valence-corrected chi connectivity index (χ1v) is 22.7. The van der Waals surface area contributed by atoms with E-state index in [2.05, 4.69) is 82.9 Å². The van der Waals surface area contributed by atoms with Gasteiger partial charge in [0.15, 0.2) is 12.3 Å². The number of carbonyl (C=O) groups is 2. The Morgan fingerprint density at radius 2 is 1.65 bits per heavy atom. The lowest BCUT2D eigenvalue weighted by atomic mass is 9.78. The Morgan fingerprint density at radius 1 is 0.903 bits per heavy atom. The van der Waals surface area contributed by atoms with Crippen molar-refractivity contribution in [2.45, 2.75) is 88.4 Å². The molecule has 1 unspecified atom stereocenters. The minimum absolute atomic E-state index is 0.0955. The third-order valence-corrected chi connectivity index (χ3v) is 12.2. The smallest absolute Gasteiger partial charge is 0.219 e. The van der Waals surface area contributed by atoms with Gasteiger partial charge in [-0.3, -0.25) is 9.59 Å². The highest BCUT2D eigenvalue weighted by molar-refractivity contribution is 7.85. The van der Waals surface area contributed by atoms with Crippen molar-refractivity contribution in [2.24, 2.45) is 5.11 Å². The molecule has 0 radical (unpaired) electrons. The number of nitrogens with one attached hydrogen (secondary N) is 1. The van der Waals surface area contributed by atoms with Gasteiger partial charge in [-0.2, -0.15) is 4.58 Å². The van der Waals surface area contributed by atoms with Crippen molar-refractivity contribution in [3.8, 4) is 0 Å². The van der Waals surface area contributed by atoms with Gasteiger partial charge in [0.2, 0.25) is 11.6 Å². The average Bonchev–Trinajstić information content (AvgIpc) is 3.59. The summed E-state index contributed by atoms with van der Waals surface area (Å²) in [4.78, 5) is 28.7. The minimum Gasteiger partial charge on any atom is -0.744 e. The number of hydrogen-bond donors (Lipinski definition) is 1. The summed E-state index contributed by atoms with van der Waals surface area (Å²) in [6, 6.07) is 11.2. The van der Waals surface area contributed by atoms with Gasteiger partial charge in [-0.05, 0) is 94.8 Å². The van der Waals surface area contributed by atoms with E-state index in [0.717, 1.165) is 41.2 Å². The van der Waals surface area contributed by atoms with Gasteiger partial charge in [0.25, 0.3) is 0 Å². The van der Waals surface area contributed by atoms with E-state index in [0.29, 0.717) is 85.0 Å². The zero-order valence-corrected chi connectivity index (χ0v) is 38.0. The second-order valence-corrected chi connectivity index (χ2v) is 17.6. The molecule has 2 heterocycles. The third kappa shape index (κ3) is 13.7. The molecule has 0 fully saturated rings. The number of rotatable bonds is 28. The van der Waals surface area contributed by atoms with Crippen LogP contribution in [0.25, 0.3) is 10.4 Å². The molecule has 0 aliphatic carbocycles. The van der Waals surface area contributed by atoms with E-state index < -0.39 is 15.5 Å². The minimum atomic E-state index is -4.72. The normalized spacial score (nSPS) is 17.6. The fourth-order valence-corrected chi connectivity index (χ4v) is 8.52. The third-order valence-electron chi connectivity index (χ3n) is 11.4. The molecule has 1 amide bonds. The Morgan fingerprint density at radius 3 is 2.35 bits per heavy atom. The van der Waals surface area contributed by atoms with Crippen molar-refractivity contribution in [1.82, 2.24) is 5.32 Å². The Bertz CT molecular complexity index is 2140. The number of anilines is 1. The van der Waals surface area contributed by atoms with Crippen LogP contribution in [0.4, 0.5) is 11.4 Å². The van der Waals surface area contributed by atoms with Crippen LogP contribution in [-0.4, -0.2) is 115 Å².